The summed E-state index contributed by atoms with van der Waals surface area (Å²) < 4.78 is 0. The van der Waals surface area contributed by atoms with E-state index in [-0.39, 0.29) is 0 Å². The van der Waals surface area contributed by atoms with E-state index < -0.39 is 0 Å². The van der Waals surface area contributed by atoms with Crippen LogP contribution in [-0.4, -0.2) is 4.98 Å². The molecule has 0 N–H and O–H groups in total. The van der Waals surface area contributed by atoms with Crippen molar-refractivity contribution < 1.29 is 0 Å². The van der Waals surface area contributed by atoms with E-state index in [1.807, 2.05) is 6.20 Å². The highest BCUT2D eigenvalue weighted by atomic mass is 14.7. The Bertz CT molecular complexity index is 300. The lowest BCUT2D eigenvalue weighted by molar-refractivity contribution is 0.633. The highest BCUT2D eigenvalue weighted by Gasteiger charge is 2.06. The fourth-order valence-corrected chi connectivity index (χ4v) is 1.76. The fraction of sp³-hybridized carbons (Fsp3) is 0.615. The molecule has 0 aliphatic heterocycles. The summed E-state index contributed by atoms with van der Waals surface area (Å²) in [5, 5.41) is 0. The monoisotopic (exact) mass is 191 g/mol. The van der Waals surface area contributed by atoms with Gasteiger partial charge in [0.15, 0.2) is 0 Å². The van der Waals surface area contributed by atoms with Crippen molar-refractivity contribution in [1.82, 2.24) is 4.98 Å². The van der Waals surface area contributed by atoms with Crippen molar-refractivity contribution in [2.75, 3.05) is 0 Å². The van der Waals surface area contributed by atoms with Gasteiger partial charge in [0.05, 0.1) is 0 Å². The van der Waals surface area contributed by atoms with Gasteiger partial charge in [-0.3, -0.25) is 4.98 Å². The third-order valence-electron chi connectivity index (χ3n) is 2.45. The molecular formula is C13H21N. The average molecular weight is 191 g/mol. The van der Waals surface area contributed by atoms with Gasteiger partial charge >= 0.3 is 0 Å². The number of hydrogen-bond donors (Lipinski definition) is 0. The van der Waals surface area contributed by atoms with E-state index in [9.17, 15) is 0 Å². The molecule has 0 spiro atoms. The summed E-state index contributed by atoms with van der Waals surface area (Å²) in [4.78, 5) is 4.50. The van der Waals surface area contributed by atoms with Gasteiger partial charge in [0.2, 0.25) is 0 Å². The molecule has 0 bridgehead atoms. The SMILES string of the molecule is Cc1cc(CC(C)C)ncc1C(C)C. The van der Waals surface area contributed by atoms with Gasteiger partial charge in [0.25, 0.3) is 0 Å². The molecule has 0 amide bonds. The molecule has 0 fully saturated rings. The molecule has 0 saturated heterocycles. The summed E-state index contributed by atoms with van der Waals surface area (Å²) in [6.07, 6.45) is 3.12. The van der Waals surface area contributed by atoms with Crippen LogP contribution in [0, 0.1) is 12.8 Å². The summed E-state index contributed by atoms with van der Waals surface area (Å²) in [5.74, 6) is 1.27. The fourth-order valence-electron chi connectivity index (χ4n) is 1.76. The van der Waals surface area contributed by atoms with E-state index >= 15 is 0 Å². The van der Waals surface area contributed by atoms with Crippen LogP contribution in [0.4, 0.5) is 0 Å². The van der Waals surface area contributed by atoms with E-state index in [1.165, 1.54) is 16.8 Å². The van der Waals surface area contributed by atoms with Crippen LogP contribution in [0.1, 0.15) is 50.4 Å². The van der Waals surface area contributed by atoms with Crippen molar-refractivity contribution in [3.8, 4) is 0 Å². The summed E-state index contributed by atoms with van der Waals surface area (Å²) in [6, 6.07) is 2.23. The van der Waals surface area contributed by atoms with E-state index in [1.54, 1.807) is 0 Å². The minimum absolute atomic E-state index is 0.579. The predicted octanol–water partition coefficient (Wildman–Crippen LogP) is 3.71. The van der Waals surface area contributed by atoms with Crippen LogP contribution >= 0.6 is 0 Å². The average Bonchev–Trinajstić information content (AvgIpc) is 2.01. The van der Waals surface area contributed by atoms with Crippen LogP contribution in [0.25, 0.3) is 0 Å². The molecule has 1 rings (SSSR count). The Kier molecular flexibility index (Phi) is 3.68. The second-order valence-electron chi connectivity index (χ2n) is 4.78. The van der Waals surface area contributed by atoms with Gasteiger partial charge in [0, 0.05) is 11.9 Å². The summed E-state index contributed by atoms with van der Waals surface area (Å²) in [5.41, 5.74) is 3.98. The largest absolute Gasteiger partial charge is 0.261 e. The quantitative estimate of drug-likeness (QED) is 0.709. The lowest BCUT2D eigenvalue weighted by atomic mass is 9.98. The van der Waals surface area contributed by atoms with Gasteiger partial charge in [-0.2, -0.15) is 0 Å². The minimum Gasteiger partial charge on any atom is -0.261 e. The lowest BCUT2D eigenvalue weighted by Gasteiger charge is -2.11. The Balaban J connectivity index is 2.89. The van der Waals surface area contributed by atoms with Gasteiger partial charge < -0.3 is 0 Å². The van der Waals surface area contributed by atoms with Crippen molar-refractivity contribution in [1.29, 1.82) is 0 Å². The first-order valence-corrected chi connectivity index (χ1v) is 5.46. The van der Waals surface area contributed by atoms with Gasteiger partial charge in [-0.15, -0.1) is 0 Å². The van der Waals surface area contributed by atoms with Crippen LogP contribution in [0.3, 0.4) is 0 Å². The van der Waals surface area contributed by atoms with Crippen LogP contribution < -0.4 is 0 Å². The highest BCUT2D eigenvalue weighted by molar-refractivity contribution is 5.27. The van der Waals surface area contributed by atoms with Crippen molar-refractivity contribution in [2.24, 2.45) is 5.92 Å². The van der Waals surface area contributed by atoms with E-state index in [2.05, 4.69) is 45.7 Å². The molecule has 0 aliphatic carbocycles. The van der Waals surface area contributed by atoms with Crippen LogP contribution in [-0.2, 0) is 6.42 Å². The Labute approximate surface area is 87.6 Å². The van der Waals surface area contributed by atoms with Crippen molar-refractivity contribution >= 4 is 0 Å². The smallest absolute Gasteiger partial charge is 0.0409 e. The van der Waals surface area contributed by atoms with Gasteiger partial charge in [-0.1, -0.05) is 27.7 Å². The standard InChI is InChI=1S/C13H21N/c1-9(2)6-12-7-11(5)13(8-14-12)10(3)4/h7-10H,6H2,1-5H3. The molecule has 0 aliphatic rings. The molecule has 0 saturated carbocycles. The van der Waals surface area contributed by atoms with E-state index in [0.29, 0.717) is 11.8 Å². The zero-order chi connectivity index (χ0) is 10.7. The topological polar surface area (TPSA) is 12.9 Å². The van der Waals surface area contributed by atoms with Gasteiger partial charge in [0.1, 0.15) is 0 Å². The third-order valence-corrected chi connectivity index (χ3v) is 2.45. The summed E-state index contributed by atoms with van der Waals surface area (Å²) in [7, 11) is 0. The third kappa shape index (κ3) is 2.83. The maximum atomic E-state index is 4.50. The molecule has 0 radical (unpaired) electrons. The first kappa shape index (κ1) is 11.2. The lowest BCUT2D eigenvalue weighted by Crippen LogP contribution is -2.01. The second-order valence-corrected chi connectivity index (χ2v) is 4.78. The molecular weight excluding hydrogens is 170 g/mol. The highest BCUT2D eigenvalue weighted by Crippen LogP contribution is 2.19. The van der Waals surface area contributed by atoms with Crippen LogP contribution in [0.2, 0.25) is 0 Å². The predicted molar refractivity (Wildman–Crippen MR) is 61.6 cm³/mol. The van der Waals surface area contributed by atoms with E-state index in [4.69, 9.17) is 0 Å². The first-order chi connectivity index (χ1) is 6.50. The Morgan fingerprint density at radius 3 is 2.29 bits per heavy atom. The molecule has 1 heterocycles. The zero-order valence-electron chi connectivity index (χ0n) is 9.96. The minimum atomic E-state index is 0.579. The van der Waals surface area contributed by atoms with Crippen LogP contribution in [0.5, 0.6) is 0 Å². The normalized spacial score (nSPS) is 11.4. The van der Waals surface area contributed by atoms with E-state index in [0.717, 1.165) is 6.42 Å². The van der Waals surface area contributed by atoms with Crippen molar-refractivity contribution in [2.45, 2.75) is 47.0 Å². The number of rotatable bonds is 3. The number of aromatic nitrogens is 1. The number of aryl methyl sites for hydroxylation is 1. The maximum absolute atomic E-state index is 4.50. The number of nitrogens with zero attached hydrogens (tertiary/aromatic N) is 1. The molecule has 0 atom stereocenters. The van der Waals surface area contributed by atoms with Crippen molar-refractivity contribution in [3.05, 3.63) is 29.1 Å². The van der Waals surface area contributed by atoms with Crippen LogP contribution in [0.15, 0.2) is 12.3 Å². The molecule has 0 unspecified atom stereocenters. The first-order valence-electron chi connectivity index (χ1n) is 5.46. The molecule has 1 heteroatoms. The summed E-state index contributed by atoms with van der Waals surface area (Å²) in [6.45, 7) is 11.1. The molecule has 0 aromatic carbocycles. The Hall–Kier alpha value is -0.850. The number of pyridine rings is 1. The molecule has 14 heavy (non-hydrogen) atoms. The van der Waals surface area contributed by atoms with Gasteiger partial charge in [-0.25, -0.2) is 0 Å². The van der Waals surface area contributed by atoms with Gasteiger partial charge in [-0.05, 0) is 42.4 Å². The molecule has 1 nitrogen and oxygen atoms in total. The van der Waals surface area contributed by atoms with Crippen molar-refractivity contribution in [3.63, 3.8) is 0 Å². The summed E-state index contributed by atoms with van der Waals surface area (Å²) >= 11 is 0. The second kappa shape index (κ2) is 4.59. The Morgan fingerprint density at radius 1 is 1.21 bits per heavy atom. The molecule has 78 valence electrons. The Morgan fingerprint density at radius 2 is 1.86 bits per heavy atom. The molecule has 1 aromatic heterocycles. The number of hydrogen-bond acceptors (Lipinski definition) is 1. The zero-order valence-corrected chi connectivity index (χ0v) is 9.96. The molecule has 1 aromatic rings. The maximum Gasteiger partial charge on any atom is 0.0409 e.